The molecule has 0 aliphatic carbocycles. The van der Waals surface area contributed by atoms with Gasteiger partial charge in [-0.1, -0.05) is 24.3 Å². The van der Waals surface area contributed by atoms with Crippen molar-refractivity contribution >= 4 is 5.96 Å². The van der Waals surface area contributed by atoms with Crippen molar-refractivity contribution in [2.75, 3.05) is 59.5 Å². The Labute approximate surface area is 171 Å². The smallest absolute Gasteiger partial charge is 0.191 e. The Balaban J connectivity index is 1.79. The van der Waals surface area contributed by atoms with Crippen LogP contribution in [0.3, 0.4) is 0 Å². The van der Waals surface area contributed by atoms with Gasteiger partial charge >= 0.3 is 0 Å². The second-order valence-electron chi connectivity index (χ2n) is 7.42. The summed E-state index contributed by atoms with van der Waals surface area (Å²) in [5.74, 6) is 0.872. The zero-order valence-corrected chi connectivity index (χ0v) is 18.0. The Morgan fingerprint density at radius 2 is 1.82 bits per heavy atom. The van der Waals surface area contributed by atoms with Crippen molar-refractivity contribution < 1.29 is 4.74 Å². The summed E-state index contributed by atoms with van der Waals surface area (Å²) in [5.41, 5.74) is 2.63. The minimum absolute atomic E-state index is 0.690. The van der Waals surface area contributed by atoms with Crippen molar-refractivity contribution in [3.05, 3.63) is 35.4 Å². The van der Waals surface area contributed by atoms with E-state index in [2.05, 4.69) is 58.7 Å². The third kappa shape index (κ3) is 9.04. The molecule has 1 heterocycles. The normalized spacial score (nSPS) is 16.8. The molecule has 6 heteroatoms. The summed E-state index contributed by atoms with van der Waals surface area (Å²) in [6, 6.07) is 8.92. The van der Waals surface area contributed by atoms with E-state index in [4.69, 9.17) is 9.73 Å². The number of guanidine groups is 1. The molecular formula is C22H39N5O. The van der Waals surface area contributed by atoms with E-state index in [1.165, 1.54) is 30.6 Å². The van der Waals surface area contributed by atoms with Crippen LogP contribution in [0.1, 0.15) is 37.8 Å². The molecule has 6 nitrogen and oxygen atoms in total. The van der Waals surface area contributed by atoms with Crippen LogP contribution in [0.5, 0.6) is 0 Å². The molecule has 158 valence electrons. The summed E-state index contributed by atoms with van der Waals surface area (Å²) in [6.45, 7) is 13.9. The predicted octanol–water partition coefficient (Wildman–Crippen LogP) is 2.31. The molecule has 1 aromatic carbocycles. The second kappa shape index (κ2) is 13.5. The molecule has 1 aromatic rings. The fourth-order valence-corrected chi connectivity index (χ4v) is 3.30. The Hall–Kier alpha value is -1.63. The van der Waals surface area contributed by atoms with Crippen molar-refractivity contribution in [2.24, 2.45) is 4.99 Å². The van der Waals surface area contributed by atoms with Crippen LogP contribution in [0.25, 0.3) is 0 Å². The minimum atomic E-state index is 0.690. The molecule has 0 radical (unpaired) electrons. The number of hydrogen-bond donors (Lipinski definition) is 2. The van der Waals surface area contributed by atoms with E-state index < -0.39 is 0 Å². The number of ether oxygens (including phenoxy) is 1. The highest BCUT2D eigenvalue weighted by Crippen LogP contribution is 2.11. The van der Waals surface area contributed by atoms with Gasteiger partial charge in [0.15, 0.2) is 5.96 Å². The monoisotopic (exact) mass is 389 g/mol. The first-order valence-corrected chi connectivity index (χ1v) is 10.8. The maximum atomic E-state index is 5.38. The number of aliphatic imine (C=N–C) groups is 1. The summed E-state index contributed by atoms with van der Waals surface area (Å²) >= 11 is 0. The number of benzene rings is 1. The van der Waals surface area contributed by atoms with Gasteiger partial charge in [0.2, 0.25) is 0 Å². The SMILES string of the molecule is CCNC(=NCc1ccc(CN2CCCN(C)CC2)cc1)NCCCOCC. The van der Waals surface area contributed by atoms with Crippen LogP contribution in [0, 0.1) is 0 Å². The van der Waals surface area contributed by atoms with Crippen molar-refractivity contribution in [1.82, 2.24) is 20.4 Å². The van der Waals surface area contributed by atoms with Gasteiger partial charge in [-0.3, -0.25) is 4.90 Å². The number of rotatable bonds is 10. The van der Waals surface area contributed by atoms with Crippen LogP contribution >= 0.6 is 0 Å². The van der Waals surface area contributed by atoms with E-state index in [1.807, 2.05) is 6.92 Å². The molecule has 0 amide bonds. The molecule has 0 bridgehead atoms. The Bertz CT molecular complexity index is 561. The van der Waals surface area contributed by atoms with E-state index in [1.54, 1.807) is 0 Å². The molecule has 28 heavy (non-hydrogen) atoms. The van der Waals surface area contributed by atoms with Crippen LogP contribution in [-0.2, 0) is 17.8 Å². The van der Waals surface area contributed by atoms with Gasteiger partial charge < -0.3 is 20.3 Å². The first-order chi connectivity index (χ1) is 13.7. The largest absolute Gasteiger partial charge is 0.382 e. The van der Waals surface area contributed by atoms with Gasteiger partial charge in [-0.25, -0.2) is 4.99 Å². The number of nitrogens with one attached hydrogen (secondary N) is 2. The van der Waals surface area contributed by atoms with Gasteiger partial charge in [-0.15, -0.1) is 0 Å². The standard InChI is InChI=1S/C22H39N5O/c1-4-23-22(24-12-6-17-28-5-2)25-18-20-8-10-21(11-9-20)19-27-14-7-13-26(3)15-16-27/h8-11H,4-7,12-19H2,1-3H3,(H2,23,24,25). The van der Waals surface area contributed by atoms with Gasteiger partial charge in [0, 0.05) is 45.9 Å². The van der Waals surface area contributed by atoms with Crippen LogP contribution in [0.2, 0.25) is 0 Å². The Morgan fingerprint density at radius 1 is 1.04 bits per heavy atom. The predicted molar refractivity (Wildman–Crippen MR) is 118 cm³/mol. The summed E-state index contributed by atoms with van der Waals surface area (Å²) in [4.78, 5) is 9.69. The molecule has 1 aliphatic heterocycles. The lowest BCUT2D eigenvalue weighted by molar-refractivity contribution is 0.145. The first kappa shape index (κ1) is 22.7. The zero-order valence-electron chi connectivity index (χ0n) is 18.0. The van der Waals surface area contributed by atoms with E-state index in [0.29, 0.717) is 6.54 Å². The third-order valence-corrected chi connectivity index (χ3v) is 4.97. The van der Waals surface area contributed by atoms with Crippen molar-refractivity contribution in [2.45, 2.75) is 39.8 Å². The molecule has 1 saturated heterocycles. The quantitative estimate of drug-likeness (QED) is 0.365. The summed E-state index contributed by atoms with van der Waals surface area (Å²) in [5, 5.41) is 6.68. The van der Waals surface area contributed by atoms with Crippen LogP contribution in [0.4, 0.5) is 0 Å². The maximum Gasteiger partial charge on any atom is 0.191 e. The highest BCUT2D eigenvalue weighted by Gasteiger charge is 2.12. The van der Waals surface area contributed by atoms with Crippen molar-refractivity contribution in [3.63, 3.8) is 0 Å². The molecule has 1 fully saturated rings. The third-order valence-electron chi connectivity index (χ3n) is 4.97. The molecule has 0 saturated carbocycles. The highest BCUT2D eigenvalue weighted by atomic mass is 16.5. The number of hydrogen-bond acceptors (Lipinski definition) is 4. The average Bonchev–Trinajstić information content (AvgIpc) is 2.91. The fraction of sp³-hybridized carbons (Fsp3) is 0.682. The molecule has 2 N–H and O–H groups in total. The fourth-order valence-electron chi connectivity index (χ4n) is 3.30. The first-order valence-electron chi connectivity index (χ1n) is 10.8. The summed E-state index contributed by atoms with van der Waals surface area (Å²) in [6.07, 6.45) is 2.24. The lowest BCUT2D eigenvalue weighted by Crippen LogP contribution is -2.38. The van der Waals surface area contributed by atoms with E-state index >= 15 is 0 Å². The van der Waals surface area contributed by atoms with Crippen LogP contribution < -0.4 is 10.6 Å². The Kier molecular flexibility index (Phi) is 10.9. The lowest BCUT2D eigenvalue weighted by Gasteiger charge is -2.20. The van der Waals surface area contributed by atoms with Crippen LogP contribution in [0.15, 0.2) is 29.3 Å². The minimum Gasteiger partial charge on any atom is -0.382 e. The molecule has 0 aromatic heterocycles. The molecule has 1 aliphatic rings. The molecule has 0 atom stereocenters. The second-order valence-corrected chi connectivity index (χ2v) is 7.42. The van der Waals surface area contributed by atoms with E-state index in [-0.39, 0.29) is 0 Å². The van der Waals surface area contributed by atoms with E-state index in [0.717, 1.165) is 58.3 Å². The van der Waals surface area contributed by atoms with Gasteiger partial charge in [0.25, 0.3) is 0 Å². The lowest BCUT2D eigenvalue weighted by atomic mass is 10.1. The maximum absolute atomic E-state index is 5.38. The zero-order chi connectivity index (χ0) is 20.0. The molecule has 0 spiro atoms. The number of likely N-dealkylation sites (N-methyl/N-ethyl adjacent to an activating group) is 1. The molecule has 2 rings (SSSR count). The molecule has 0 unspecified atom stereocenters. The number of nitrogens with zero attached hydrogens (tertiary/aromatic N) is 3. The van der Waals surface area contributed by atoms with Crippen molar-refractivity contribution in [1.29, 1.82) is 0 Å². The molecular weight excluding hydrogens is 350 g/mol. The average molecular weight is 390 g/mol. The van der Waals surface area contributed by atoms with Gasteiger partial charge in [-0.05, 0) is 58.0 Å². The van der Waals surface area contributed by atoms with Crippen LogP contribution in [-0.4, -0.2) is 75.3 Å². The van der Waals surface area contributed by atoms with Crippen molar-refractivity contribution in [3.8, 4) is 0 Å². The van der Waals surface area contributed by atoms with Gasteiger partial charge in [-0.2, -0.15) is 0 Å². The summed E-state index contributed by atoms with van der Waals surface area (Å²) in [7, 11) is 2.22. The van der Waals surface area contributed by atoms with Gasteiger partial charge in [0.1, 0.15) is 0 Å². The highest BCUT2D eigenvalue weighted by molar-refractivity contribution is 5.79. The van der Waals surface area contributed by atoms with Gasteiger partial charge in [0.05, 0.1) is 6.54 Å². The Morgan fingerprint density at radius 3 is 2.57 bits per heavy atom. The topological polar surface area (TPSA) is 52.1 Å². The summed E-state index contributed by atoms with van der Waals surface area (Å²) < 4.78 is 5.38. The van der Waals surface area contributed by atoms with E-state index in [9.17, 15) is 0 Å².